The summed E-state index contributed by atoms with van der Waals surface area (Å²) in [6.45, 7) is 2.50. The first-order chi connectivity index (χ1) is 5.79. The van der Waals surface area contributed by atoms with Gasteiger partial charge in [-0.25, -0.2) is 0 Å². The van der Waals surface area contributed by atoms with Gasteiger partial charge in [-0.3, -0.25) is 4.79 Å². The highest BCUT2D eigenvalue weighted by molar-refractivity contribution is 5.73. The Morgan fingerprint density at radius 1 is 1.50 bits per heavy atom. The van der Waals surface area contributed by atoms with Gasteiger partial charge in [0.15, 0.2) is 0 Å². The SMILES string of the molecule is NC(=O)CCOC1CCNCC1. The van der Waals surface area contributed by atoms with Gasteiger partial charge in [-0.1, -0.05) is 0 Å². The highest BCUT2D eigenvalue weighted by Gasteiger charge is 2.12. The zero-order valence-corrected chi connectivity index (χ0v) is 7.21. The number of hydrogen-bond acceptors (Lipinski definition) is 3. The van der Waals surface area contributed by atoms with Gasteiger partial charge < -0.3 is 15.8 Å². The van der Waals surface area contributed by atoms with Crippen molar-refractivity contribution >= 4 is 5.91 Å². The van der Waals surface area contributed by atoms with Crippen LogP contribution in [0.2, 0.25) is 0 Å². The number of nitrogens with two attached hydrogens (primary N) is 1. The molecule has 4 heteroatoms. The first kappa shape index (κ1) is 9.48. The van der Waals surface area contributed by atoms with Crippen molar-refractivity contribution in [3.63, 3.8) is 0 Å². The average Bonchev–Trinajstić information content (AvgIpc) is 2.05. The molecule has 1 amide bonds. The quantitative estimate of drug-likeness (QED) is 0.608. The first-order valence-electron chi connectivity index (χ1n) is 4.39. The number of hydrogen-bond donors (Lipinski definition) is 2. The number of amides is 1. The van der Waals surface area contributed by atoms with Crippen LogP contribution in [-0.4, -0.2) is 31.7 Å². The van der Waals surface area contributed by atoms with Gasteiger partial charge in [-0.2, -0.15) is 0 Å². The van der Waals surface area contributed by atoms with Crippen molar-refractivity contribution in [2.24, 2.45) is 5.73 Å². The lowest BCUT2D eigenvalue weighted by atomic mass is 10.1. The van der Waals surface area contributed by atoms with Crippen molar-refractivity contribution < 1.29 is 9.53 Å². The highest BCUT2D eigenvalue weighted by Crippen LogP contribution is 2.06. The maximum atomic E-state index is 10.4. The number of piperidine rings is 1. The Hall–Kier alpha value is -0.610. The van der Waals surface area contributed by atoms with Gasteiger partial charge in [-0.05, 0) is 25.9 Å². The molecule has 0 aromatic heterocycles. The molecule has 70 valence electrons. The van der Waals surface area contributed by atoms with Gasteiger partial charge in [0.05, 0.1) is 12.7 Å². The van der Waals surface area contributed by atoms with Crippen molar-refractivity contribution in [1.29, 1.82) is 0 Å². The van der Waals surface area contributed by atoms with E-state index in [0.717, 1.165) is 25.9 Å². The molecule has 1 heterocycles. The highest BCUT2D eigenvalue weighted by atomic mass is 16.5. The predicted octanol–water partition coefficient (Wildman–Crippen LogP) is -0.370. The molecule has 0 aliphatic carbocycles. The van der Waals surface area contributed by atoms with E-state index in [1.165, 1.54) is 0 Å². The molecular formula is C8H16N2O2. The van der Waals surface area contributed by atoms with Gasteiger partial charge in [0.25, 0.3) is 0 Å². The predicted molar refractivity (Wildman–Crippen MR) is 45.7 cm³/mol. The molecule has 0 unspecified atom stereocenters. The molecule has 0 saturated carbocycles. The van der Waals surface area contributed by atoms with Gasteiger partial charge in [0.2, 0.25) is 5.91 Å². The van der Waals surface area contributed by atoms with Crippen LogP contribution in [-0.2, 0) is 9.53 Å². The summed E-state index contributed by atoms with van der Waals surface area (Å²) < 4.78 is 5.45. The summed E-state index contributed by atoms with van der Waals surface area (Å²) in [5, 5.41) is 3.24. The minimum atomic E-state index is -0.288. The van der Waals surface area contributed by atoms with Crippen molar-refractivity contribution in [2.45, 2.75) is 25.4 Å². The Labute approximate surface area is 72.5 Å². The smallest absolute Gasteiger partial charge is 0.219 e. The zero-order chi connectivity index (χ0) is 8.81. The molecule has 1 saturated heterocycles. The molecule has 12 heavy (non-hydrogen) atoms. The summed E-state index contributed by atoms with van der Waals surface area (Å²) in [7, 11) is 0. The molecule has 4 nitrogen and oxygen atoms in total. The zero-order valence-electron chi connectivity index (χ0n) is 7.21. The largest absolute Gasteiger partial charge is 0.378 e. The van der Waals surface area contributed by atoms with E-state index in [4.69, 9.17) is 10.5 Å². The van der Waals surface area contributed by atoms with Gasteiger partial charge in [0, 0.05) is 6.42 Å². The summed E-state index contributed by atoms with van der Waals surface area (Å²) in [6, 6.07) is 0. The van der Waals surface area contributed by atoms with Crippen molar-refractivity contribution in [2.75, 3.05) is 19.7 Å². The van der Waals surface area contributed by atoms with Gasteiger partial charge in [0.1, 0.15) is 0 Å². The van der Waals surface area contributed by atoms with Crippen LogP contribution in [0.5, 0.6) is 0 Å². The number of primary amides is 1. The third-order valence-electron chi connectivity index (χ3n) is 1.99. The van der Waals surface area contributed by atoms with Crippen molar-refractivity contribution in [3.05, 3.63) is 0 Å². The fraction of sp³-hybridized carbons (Fsp3) is 0.875. The fourth-order valence-corrected chi connectivity index (χ4v) is 1.29. The van der Waals surface area contributed by atoms with Crippen LogP contribution >= 0.6 is 0 Å². The first-order valence-corrected chi connectivity index (χ1v) is 4.39. The molecular weight excluding hydrogens is 156 g/mol. The topological polar surface area (TPSA) is 64.4 Å². The fourth-order valence-electron chi connectivity index (χ4n) is 1.29. The van der Waals surface area contributed by atoms with Crippen LogP contribution in [0.1, 0.15) is 19.3 Å². The lowest BCUT2D eigenvalue weighted by Crippen LogP contribution is -2.33. The van der Waals surface area contributed by atoms with E-state index in [1.807, 2.05) is 0 Å². The Balaban J connectivity index is 2.01. The van der Waals surface area contributed by atoms with Crippen LogP contribution in [0.4, 0.5) is 0 Å². The van der Waals surface area contributed by atoms with E-state index in [9.17, 15) is 4.79 Å². The summed E-state index contributed by atoms with van der Waals surface area (Å²) >= 11 is 0. The third-order valence-corrected chi connectivity index (χ3v) is 1.99. The number of ether oxygens (including phenoxy) is 1. The maximum Gasteiger partial charge on any atom is 0.219 e. The molecule has 0 spiro atoms. The summed E-state index contributed by atoms with van der Waals surface area (Å²) in [4.78, 5) is 10.4. The van der Waals surface area contributed by atoms with E-state index >= 15 is 0 Å². The van der Waals surface area contributed by atoms with E-state index < -0.39 is 0 Å². The van der Waals surface area contributed by atoms with E-state index in [1.54, 1.807) is 0 Å². The Bertz CT molecular complexity index is 144. The molecule has 0 aromatic carbocycles. The number of carbonyl (C=O) groups is 1. The lowest BCUT2D eigenvalue weighted by molar-refractivity contribution is -0.119. The molecule has 1 rings (SSSR count). The molecule has 0 aromatic rings. The summed E-state index contributed by atoms with van der Waals surface area (Å²) in [5.74, 6) is -0.288. The van der Waals surface area contributed by atoms with E-state index in [0.29, 0.717) is 19.1 Å². The summed E-state index contributed by atoms with van der Waals surface area (Å²) in [5.41, 5.74) is 4.98. The standard InChI is InChI=1S/C8H16N2O2/c9-8(11)3-6-12-7-1-4-10-5-2-7/h7,10H,1-6H2,(H2,9,11). The second kappa shape index (κ2) is 5.11. The lowest BCUT2D eigenvalue weighted by Gasteiger charge is -2.22. The Kier molecular flexibility index (Phi) is 4.04. The molecule has 1 aliphatic rings. The van der Waals surface area contributed by atoms with Gasteiger partial charge in [-0.15, -0.1) is 0 Å². The van der Waals surface area contributed by atoms with E-state index in [-0.39, 0.29) is 5.91 Å². The Morgan fingerprint density at radius 3 is 2.75 bits per heavy atom. The Morgan fingerprint density at radius 2 is 2.17 bits per heavy atom. The van der Waals surface area contributed by atoms with Crippen LogP contribution in [0.15, 0.2) is 0 Å². The normalized spacial score (nSPS) is 19.3. The number of carbonyl (C=O) groups excluding carboxylic acids is 1. The second-order valence-electron chi connectivity index (χ2n) is 3.04. The molecule has 0 radical (unpaired) electrons. The van der Waals surface area contributed by atoms with Gasteiger partial charge >= 0.3 is 0 Å². The number of nitrogens with one attached hydrogen (secondary N) is 1. The minimum absolute atomic E-state index is 0.288. The molecule has 3 N–H and O–H groups in total. The average molecular weight is 172 g/mol. The molecule has 1 aliphatic heterocycles. The van der Waals surface area contributed by atoms with Crippen LogP contribution in [0, 0.1) is 0 Å². The minimum Gasteiger partial charge on any atom is -0.378 e. The third kappa shape index (κ3) is 3.69. The van der Waals surface area contributed by atoms with Crippen LogP contribution in [0.25, 0.3) is 0 Å². The van der Waals surface area contributed by atoms with E-state index in [2.05, 4.69) is 5.32 Å². The van der Waals surface area contributed by atoms with Crippen molar-refractivity contribution in [3.8, 4) is 0 Å². The summed E-state index contributed by atoms with van der Waals surface area (Å²) in [6.07, 6.45) is 2.74. The van der Waals surface area contributed by atoms with Crippen molar-refractivity contribution in [1.82, 2.24) is 5.32 Å². The second-order valence-corrected chi connectivity index (χ2v) is 3.04. The van der Waals surface area contributed by atoms with Crippen LogP contribution < -0.4 is 11.1 Å². The van der Waals surface area contributed by atoms with Crippen LogP contribution in [0.3, 0.4) is 0 Å². The maximum absolute atomic E-state index is 10.4. The molecule has 0 bridgehead atoms. The number of rotatable bonds is 4. The monoisotopic (exact) mass is 172 g/mol. The molecule has 1 fully saturated rings. The molecule has 0 atom stereocenters.